The quantitative estimate of drug-likeness (QED) is 0.832. The number of carbonyl (C=O) groups excluding carboxylic acids is 1. The van der Waals surface area contributed by atoms with Crippen molar-refractivity contribution in [2.75, 3.05) is 19.0 Å². The summed E-state index contributed by atoms with van der Waals surface area (Å²) in [4.78, 5) is 12.4. The Hall–Kier alpha value is -2.53. The fraction of sp³-hybridized carbons (Fsp3) is 0.409. The van der Waals surface area contributed by atoms with Gasteiger partial charge in [-0.25, -0.2) is 4.79 Å². The molecule has 0 unspecified atom stereocenters. The van der Waals surface area contributed by atoms with Gasteiger partial charge in [0.15, 0.2) is 0 Å². The van der Waals surface area contributed by atoms with Crippen molar-refractivity contribution in [2.45, 2.75) is 43.7 Å². The molecule has 4 rings (SSSR count). The molecule has 1 aliphatic carbocycles. The van der Waals surface area contributed by atoms with E-state index < -0.39 is 0 Å². The van der Waals surface area contributed by atoms with Gasteiger partial charge in [0.05, 0.1) is 25.4 Å². The summed E-state index contributed by atoms with van der Waals surface area (Å²) in [6, 6.07) is 15.6. The van der Waals surface area contributed by atoms with Crippen LogP contribution in [-0.4, -0.2) is 31.4 Å². The van der Waals surface area contributed by atoms with Crippen molar-refractivity contribution in [1.82, 2.24) is 5.32 Å². The van der Waals surface area contributed by atoms with Crippen molar-refractivity contribution in [1.29, 1.82) is 0 Å². The number of nitrogens with one attached hydrogen (secondary N) is 2. The van der Waals surface area contributed by atoms with Crippen LogP contribution < -0.4 is 15.4 Å². The molecular formula is C22H26N2O3. The number of anilines is 1. The van der Waals surface area contributed by atoms with E-state index in [1.807, 2.05) is 48.5 Å². The van der Waals surface area contributed by atoms with E-state index in [9.17, 15) is 4.79 Å². The van der Waals surface area contributed by atoms with Crippen molar-refractivity contribution in [2.24, 2.45) is 0 Å². The number of benzene rings is 2. The summed E-state index contributed by atoms with van der Waals surface area (Å²) >= 11 is 0. The molecule has 2 aliphatic rings. The molecule has 5 nitrogen and oxygen atoms in total. The van der Waals surface area contributed by atoms with Gasteiger partial charge in [-0.2, -0.15) is 0 Å². The molecule has 1 spiro atoms. The highest BCUT2D eigenvalue weighted by molar-refractivity contribution is 5.90. The monoisotopic (exact) mass is 366 g/mol. The van der Waals surface area contributed by atoms with Gasteiger partial charge < -0.3 is 20.1 Å². The van der Waals surface area contributed by atoms with Crippen LogP contribution in [0.25, 0.3) is 11.1 Å². The standard InChI is InChI=1S/C22H26N2O3/c1-26-20-10-3-2-9-19(20)16-7-6-8-17(13-16)23-21(25)24-18-14-22(27-15-18)11-4-5-12-22/h2-3,6-10,13,18H,4-5,11-12,14-15H2,1H3,(H2,23,24,25)/t18-/m1/s1. The zero-order chi connectivity index (χ0) is 18.7. The van der Waals surface area contributed by atoms with E-state index in [0.717, 1.165) is 41.8 Å². The lowest BCUT2D eigenvalue weighted by Gasteiger charge is -2.21. The van der Waals surface area contributed by atoms with Gasteiger partial charge in [-0.15, -0.1) is 0 Å². The fourth-order valence-corrected chi connectivity index (χ4v) is 4.30. The predicted molar refractivity (Wildman–Crippen MR) is 106 cm³/mol. The van der Waals surface area contributed by atoms with Gasteiger partial charge >= 0.3 is 6.03 Å². The lowest BCUT2D eigenvalue weighted by molar-refractivity contribution is 0.00998. The topological polar surface area (TPSA) is 59.6 Å². The Morgan fingerprint density at radius 1 is 1.15 bits per heavy atom. The number of amides is 2. The van der Waals surface area contributed by atoms with Gasteiger partial charge in [0.2, 0.25) is 0 Å². The lowest BCUT2D eigenvalue weighted by atomic mass is 9.96. The van der Waals surface area contributed by atoms with E-state index in [4.69, 9.17) is 9.47 Å². The van der Waals surface area contributed by atoms with E-state index in [-0.39, 0.29) is 17.7 Å². The van der Waals surface area contributed by atoms with E-state index in [1.165, 1.54) is 12.8 Å². The molecule has 0 radical (unpaired) electrons. The molecule has 1 aliphatic heterocycles. The minimum absolute atomic E-state index is 0.0156. The van der Waals surface area contributed by atoms with E-state index in [1.54, 1.807) is 7.11 Å². The number of hydrogen-bond donors (Lipinski definition) is 2. The maximum absolute atomic E-state index is 12.4. The molecule has 2 aromatic carbocycles. The summed E-state index contributed by atoms with van der Waals surface area (Å²) in [5, 5.41) is 6.01. The SMILES string of the molecule is COc1ccccc1-c1cccc(NC(=O)N[C@H]2COC3(CCCC3)C2)c1. The van der Waals surface area contributed by atoms with E-state index >= 15 is 0 Å². The smallest absolute Gasteiger partial charge is 0.319 e. The predicted octanol–water partition coefficient (Wildman–Crippen LogP) is 4.59. The van der Waals surface area contributed by atoms with Crippen LogP contribution in [0.5, 0.6) is 5.75 Å². The highest BCUT2D eigenvalue weighted by Gasteiger charge is 2.42. The van der Waals surface area contributed by atoms with Gasteiger partial charge in [-0.3, -0.25) is 0 Å². The summed E-state index contributed by atoms with van der Waals surface area (Å²) in [5.74, 6) is 0.809. The number of hydrogen-bond acceptors (Lipinski definition) is 3. The minimum Gasteiger partial charge on any atom is -0.496 e. The Bertz CT molecular complexity index is 815. The number of carbonyl (C=O) groups is 1. The molecule has 1 saturated heterocycles. The van der Waals surface area contributed by atoms with Crippen LogP contribution in [0.4, 0.5) is 10.5 Å². The van der Waals surface area contributed by atoms with Crippen LogP contribution in [0.2, 0.25) is 0 Å². The largest absolute Gasteiger partial charge is 0.496 e. The summed E-state index contributed by atoms with van der Waals surface area (Å²) < 4.78 is 11.5. The molecule has 1 atom stereocenters. The second-order valence-corrected chi connectivity index (χ2v) is 7.48. The number of methoxy groups -OCH3 is 1. The van der Waals surface area contributed by atoms with Crippen molar-refractivity contribution < 1.29 is 14.3 Å². The second kappa shape index (κ2) is 7.61. The van der Waals surface area contributed by atoms with Crippen LogP contribution in [0.3, 0.4) is 0 Å². The van der Waals surface area contributed by atoms with Crippen molar-refractivity contribution in [3.63, 3.8) is 0 Å². The van der Waals surface area contributed by atoms with E-state index in [2.05, 4.69) is 10.6 Å². The zero-order valence-electron chi connectivity index (χ0n) is 15.7. The summed E-state index contributed by atoms with van der Waals surface area (Å²) in [6.07, 6.45) is 5.62. The van der Waals surface area contributed by atoms with Crippen molar-refractivity contribution in [3.8, 4) is 16.9 Å². The number of urea groups is 1. The highest BCUT2D eigenvalue weighted by atomic mass is 16.5. The molecule has 1 heterocycles. The molecule has 2 amide bonds. The van der Waals surface area contributed by atoms with Gasteiger partial charge in [0, 0.05) is 11.3 Å². The Morgan fingerprint density at radius 2 is 1.96 bits per heavy atom. The first-order valence-electron chi connectivity index (χ1n) is 9.62. The molecule has 0 aromatic heterocycles. The maximum Gasteiger partial charge on any atom is 0.319 e. The molecule has 5 heteroatoms. The normalized spacial score (nSPS) is 20.6. The molecule has 2 aromatic rings. The zero-order valence-corrected chi connectivity index (χ0v) is 15.7. The Balaban J connectivity index is 1.40. The number of ether oxygens (including phenoxy) is 2. The molecular weight excluding hydrogens is 340 g/mol. The van der Waals surface area contributed by atoms with Gasteiger partial charge in [-0.1, -0.05) is 43.2 Å². The van der Waals surface area contributed by atoms with Crippen LogP contribution in [0.1, 0.15) is 32.1 Å². The molecule has 27 heavy (non-hydrogen) atoms. The first kappa shape index (κ1) is 17.9. The molecule has 142 valence electrons. The maximum atomic E-state index is 12.4. The Morgan fingerprint density at radius 3 is 2.78 bits per heavy atom. The average molecular weight is 366 g/mol. The van der Waals surface area contributed by atoms with Gasteiger partial charge in [0.25, 0.3) is 0 Å². The third-order valence-corrected chi connectivity index (χ3v) is 5.60. The van der Waals surface area contributed by atoms with Gasteiger partial charge in [-0.05, 0) is 43.0 Å². The summed E-state index contributed by atoms with van der Waals surface area (Å²) in [7, 11) is 1.66. The average Bonchev–Trinajstić information content (AvgIpc) is 3.31. The van der Waals surface area contributed by atoms with Crippen LogP contribution in [-0.2, 0) is 4.74 Å². The third-order valence-electron chi connectivity index (χ3n) is 5.60. The highest BCUT2D eigenvalue weighted by Crippen LogP contribution is 2.40. The number of rotatable bonds is 4. The molecule has 1 saturated carbocycles. The van der Waals surface area contributed by atoms with Crippen molar-refractivity contribution >= 4 is 11.7 Å². The van der Waals surface area contributed by atoms with Crippen LogP contribution >= 0.6 is 0 Å². The number of para-hydroxylation sites is 1. The van der Waals surface area contributed by atoms with E-state index in [0.29, 0.717) is 6.61 Å². The third kappa shape index (κ3) is 3.93. The fourth-order valence-electron chi connectivity index (χ4n) is 4.30. The molecule has 2 fully saturated rings. The summed E-state index contributed by atoms with van der Waals surface area (Å²) in [5.41, 5.74) is 2.77. The van der Waals surface area contributed by atoms with Gasteiger partial charge in [0.1, 0.15) is 5.75 Å². The molecule has 0 bridgehead atoms. The second-order valence-electron chi connectivity index (χ2n) is 7.48. The first-order chi connectivity index (χ1) is 13.2. The lowest BCUT2D eigenvalue weighted by Crippen LogP contribution is -2.39. The summed E-state index contributed by atoms with van der Waals surface area (Å²) in [6.45, 7) is 0.606. The molecule has 2 N–H and O–H groups in total. The Kier molecular flexibility index (Phi) is 5.03. The Labute approximate surface area is 160 Å². The van der Waals surface area contributed by atoms with Crippen LogP contribution in [0.15, 0.2) is 48.5 Å². The van der Waals surface area contributed by atoms with Crippen molar-refractivity contribution in [3.05, 3.63) is 48.5 Å². The van der Waals surface area contributed by atoms with Crippen LogP contribution in [0, 0.1) is 0 Å². The minimum atomic E-state index is -0.184. The first-order valence-corrected chi connectivity index (χ1v) is 9.62.